The van der Waals surface area contributed by atoms with Crippen molar-refractivity contribution < 1.29 is 0 Å². The standard InChI is InChI=1S/C16H13N5S2/c1-2-12-8-13-14(22-12)17-9-18-15(13)23-16-19-10-21(20-16)11-6-4-3-5-7-11/h3-10H,2H2,1H3. The molecule has 3 heterocycles. The molecule has 0 N–H and O–H groups in total. The fourth-order valence-electron chi connectivity index (χ4n) is 2.23. The first kappa shape index (κ1) is 14.3. The van der Waals surface area contributed by atoms with Crippen molar-refractivity contribution in [2.24, 2.45) is 0 Å². The van der Waals surface area contributed by atoms with E-state index in [-0.39, 0.29) is 0 Å². The Labute approximate surface area is 141 Å². The van der Waals surface area contributed by atoms with E-state index in [0.717, 1.165) is 27.4 Å². The summed E-state index contributed by atoms with van der Waals surface area (Å²) in [5, 5.41) is 7.18. The molecule has 0 aliphatic heterocycles. The lowest BCUT2D eigenvalue weighted by atomic mass is 10.3. The predicted molar refractivity (Wildman–Crippen MR) is 92.3 cm³/mol. The smallest absolute Gasteiger partial charge is 0.215 e. The number of benzene rings is 1. The molecule has 0 spiro atoms. The second-order valence-corrected chi connectivity index (χ2v) is 6.94. The lowest BCUT2D eigenvalue weighted by molar-refractivity contribution is 0.834. The monoisotopic (exact) mass is 339 g/mol. The minimum Gasteiger partial charge on any atom is -0.229 e. The van der Waals surface area contributed by atoms with Gasteiger partial charge in [-0.1, -0.05) is 25.1 Å². The lowest BCUT2D eigenvalue weighted by Crippen LogP contribution is -1.93. The van der Waals surface area contributed by atoms with E-state index in [1.807, 2.05) is 30.3 Å². The molecule has 23 heavy (non-hydrogen) atoms. The third-order valence-electron chi connectivity index (χ3n) is 3.37. The Kier molecular flexibility index (Phi) is 3.80. The van der Waals surface area contributed by atoms with Gasteiger partial charge in [-0.25, -0.2) is 19.6 Å². The SMILES string of the molecule is CCc1cc2c(Sc3ncn(-c4ccccc4)n3)ncnc2s1. The van der Waals surface area contributed by atoms with Crippen LogP contribution in [0.3, 0.4) is 0 Å². The Hall–Kier alpha value is -2.25. The molecule has 0 fully saturated rings. The Balaban J connectivity index is 1.66. The number of rotatable bonds is 4. The van der Waals surface area contributed by atoms with Crippen LogP contribution in [0.2, 0.25) is 0 Å². The van der Waals surface area contributed by atoms with Crippen LogP contribution in [0.25, 0.3) is 15.9 Å². The molecule has 0 saturated carbocycles. The summed E-state index contributed by atoms with van der Waals surface area (Å²) in [5.74, 6) is 0. The molecule has 0 saturated heterocycles. The van der Waals surface area contributed by atoms with Crippen molar-refractivity contribution in [3.05, 3.63) is 53.9 Å². The number of aryl methyl sites for hydroxylation is 1. The van der Waals surface area contributed by atoms with Crippen LogP contribution in [-0.2, 0) is 6.42 Å². The zero-order valence-corrected chi connectivity index (χ0v) is 14.0. The van der Waals surface area contributed by atoms with Crippen molar-refractivity contribution in [3.63, 3.8) is 0 Å². The van der Waals surface area contributed by atoms with E-state index in [1.165, 1.54) is 16.6 Å². The van der Waals surface area contributed by atoms with Crippen molar-refractivity contribution in [1.82, 2.24) is 24.7 Å². The van der Waals surface area contributed by atoms with E-state index in [0.29, 0.717) is 5.16 Å². The Morgan fingerprint density at radius 2 is 2.00 bits per heavy atom. The molecule has 0 aliphatic rings. The number of thiophene rings is 1. The van der Waals surface area contributed by atoms with Gasteiger partial charge in [-0.15, -0.1) is 16.4 Å². The maximum absolute atomic E-state index is 4.52. The van der Waals surface area contributed by atoms with Crippen LogP contribution in [0.4, 0.5) is 0 Å². The quantitative estimate of drug-likeness (QED) is 0.526. The minimum atomic E-state index is 0.679. The first-order valence-corrected chi connectivity index (χ1v) is 8.85. The van der Waals surface area contributed by atoms with Crippen molar-refractivity contribution in [2.45, 2.75) is 23.5 Å². The molecule has 0 aliphatic carbocycles. The third kappa shape index (κ3) is 2.85. The van der Waals surface area contributed by atoms with E-state index in [1.54, 1.807) is 28.7 Å². The summed E-state index contributed by atoms with van der Waals surface area (Å²) in [7, 11) is 0. The zero-order chi connectivity index (χ0) is 15.6. The van der Waals surface area contributed by atoms with E-state index >= 15 is 0 Å². The van der Waals surface area contributed by atoms with E-state index in [4.69, 9.17) is 0 Å². The normalized spacial score (nSPS) is 11.2. The van der Waals surface area contributed by atoms with Crippen molar-refractivity contribution in [1.29, 1.82) is 0 Å². The molecule has 4 aromatic rings. The summed E-state index contributed by atoms with van der Waals surface area (Å²) in [4.78, 5) is 15.5. The summed E-state index contributed by atoms with van der Waals surface area (Å²) in [5.41, 5.74) is 0.989. The van der Waals surface area contributed by atoms with E-state index in [9.17, 15) is 0 Å². The van der Waals surface area contributed by atoms with Crippen LogP contribution >= 0.6 is 23.1 Å². The highest BCUT2D eigenvalue weighted by atomic mass is 32.2. The van der Waals surface area contributed by atoms with Crippen LogP contribution < -0.4 is 0 Å². The van der Waals surface area contributed by atoms with Gasteiger partial charge in [0.1, 0.15) is 22.5 Å². The summed E-state index contributed by atoms with van der Waals surface area (Å²) in [6.45, 7) is 2.15. The molecule has 0 unspecified atom stereocenters. The highest BCUT2D eigenvalue weighted by molar-refractivity contribution is 7.99. The van der Waals surface area contributed by atoms with Crippen LogP contribution in [-0.4, -0.2) is 24.7 Å². The molecule has 7 heteroatoms. The second kappa shape index (κ2) is 6.10. The third-order valence-corrected chi connectivity index (χ3v) is 5.45. The maximum Gasteiger partial charge on any atom is 0.215 e. The molecule has 114 valence electrons. The van der Waals surface area contributed by atoms with E-state index in [2.05, 4.69) is 33.0 Å². The molecule has 0 radical (unpaired) electrons. The van der Waals surface area contributed by atoms with Crippen LogP contribution in [0.5, 0.6) is 0 Å². The lowest BCUT2D eigenvalue weighted by Gasteiger charge is -1.99. The van der Waals surface area contributed by atoms with Gasteiger partial charge < -0.3 is 0 Å². The maximum atomic E-state index is 4.52. The van der Waals surface area contributed by atoms with Crippen molar-refractivity contribution in [3.8, 4) is 5.69 Å². The molecule has 0 atom stereocenters. The van der Waals surface area contributed by atoms with Crippen molar-refractivity contribution in [2.75, 3.05) is 0 Å². The highest BCUT2D eigenvalue weighted by Gasteiger charge is 2.12. The Bertz CT molecular complexity index is 945. The average molecular weight is 339 g/mol. The van der Waals surface area contributed by atoms with Gasteiger partial charge in [-0.3, -0.25) is 0 Å². The van der Waals surface area contributed by atoms with Gasteiger partial charge in [0, 0.05) is 10.3 Å². The Morgan fingerprint density at radius 1 is 1.13 bits per heavy atom. The summed E-state index contributed by atoms with van der Waals surface area (Å²) in [6.07, 6.45) is 4.34. The minimum absolute atomic E-state index is 0.679. The highest BCUT2D eigenvalue weighted by Crippen LogP contribution is 2.33. The van der Waals surface area contributed by atoms with Crippen LogP contribution in [0.15, 0.2) is 59.2 Å². The summed E-state index contributed by atoms with van der Waals surface area (Å²) < 4.78 is 1.77. The molecular weight excluding hydrogens is 326 g/mol. The molecule has 4 rings (SSSR count). The topological polar surface area (TPSA) is 56.5 Å². The number of aromatic nitrogens is 5. The van der Waals surface area contributed by atoms with Crippen molar-refractivity contribution >= 4 is 33.3 Å². The fraction of sp³-hybridized carbons (Fsp3) is 0.125. The molecule has 3 aromatic heterocycles. The summed E-state index contributed by atoms with van der Waals surface area (Å²) >= 11 is 3.18. The first-order chi connectivity index (χ1) is 11.3. The van der Waals surface area contributed by atoms with Gasteiger partial charge in [-0.2, -0.15) is 0 Å². The van der Waals surface area contributed by atoms with Gasteiger partial charge in [0.05, 0.1) is 5.69 Å². The van der Waals surface area contributed by atoms with Gasteiger partial charge >= 0.3 is 0 Å². The van der Waals surface area contributed by atoms with Gasteiger partial charge in [0.15, 0.2) is 0 Å². The first-order valence-electron chi connectivity index (χ1n) is 7.22. The van der Waals surface area contributed by atoms with Gasteiger partial charge in [0.2, 0.25) is 5.16 Å². The van der Waals surface area contributed by atoms with Crippen LogP contribution in [0, 0.1) is 0 Å². The Morgan fingerprint density at radius 3 is 2.83 bits per heavy atom. The molecule has 0 bridgehead atoms. The molecule has 5 nitrogen and oxygen atoms in total. The number of hydrogen-bond acceptors (Lipinski definition) is 6. The fourth-order valence-corrected chi connectivity index (χ4v) is 3.99. The number of nitrogens with zero attached hydrogens (tertiary/aromatic N) is 5. The van der Waals surface area contributed by atoms with Gasteiger partial charge in [0.25, 0.3) is 0 Å². The number of fused-ring (bicyclic) bond motifs is 1. The second-order valence-electron chi connectivity index (χ2n) is 4.87. The van der Waals surface area contributed by atoms with Gasteiger partial charge in [-0.05, 0) is 36.4 Å². The van der Waals surface area contributed by atoms with Crippen LogP contribution in [0.1, 0.15) is 11.8 Å². The van der Waals surface area contributed by atoms with E-state index < -0.39 is 0 Å². The largest absolute Gasteiger partial charge is 0.229 e. The number of para-hydroxylation sites is 1. The number of hydrogen-bond donors (Lipinski definition) is 0. The zero-order valence-electron chi connectivity index (χ0n) is 12.4. The summed E-state index contributed by atoms with van der Waals surface area (Å²) in [6, 6.07) is 12.1. The average Bonchev–Trinajstić information content (AvgIpc) is 3.22. The predicted octanol–water partition coefficient (Wildman–Crippen LogP) is 3.99. The molecular formula is C16H13N5S2. The molecule has 0 amide bonds. The molecule has 1 aromatic carbocycles.